The zero-order valence-corrected chi connectivity index (χ0v) is 25.2. The summed E-state index contributed by atoms with van der Waals surface area (Å²) in [5.41, 5.74) is 4.08. The molecule has 0 aliphatic carbocycles. The molecular weight excluding hydrogens is 552 g/mol. The number of fused-ring (bicyclic) bond motifs is 1. The Morgan fingerprint density at radius 2 is 1.52 bits per heavy atom. The summed E-state index contributed by atoms with van der Waals surface area (Å²) in [6, 6.07) is 30.5. The van der Waals surface area contributed by atoms with Crippen LogP contribution in [0.3, 0.4) is 0 Å². The molecule has 44 heavy (non-hydrogen) atoms. The molecule has 0 fully saturated rings. The lowest BCUT2D eigenvalue weighted by atomic mass is 10.1. The second-order valence-corrected chi connectivity index (χ2v) is 10.4. The molecule has 2 amide bonds. The number of hydrogen-bond donors (Lipinski definition) is 1. The van der Waals surface area contributed by atoms with Crippen molar-refractivity contribution >= 4 is 28.6 Å². The van der Waals surface area contributed by atoms with Crippen LogP contribution in [0.4, 0.5) is 10.5 Å². The zero-order chi connectivity index (χ0) is 31.1. The fraction of sp³-hybridized carbons (Fsp3) is 0.222. The third kappa shape index (κ3) is 6.54. The van der Waals surface area contributed by atoms with Crippen molar-refractivity contribution < 1.29 is 14.3 Å². The molecule has 1 N–H and O–H groups in total. The second-order valence-electron chi connectivity index (χ2n) is 10.4. The molecule has 1 atom stereocenters. The Morgan fingerprint density at radius 3 is 2.18 bits per heavy atom. The van der Waals surface area contributed by atoms with Gasteiger partial charge in [0.2, 0.25) is 0 Å². The molecule has 4 aromatic carbocycles. The highest BCUT2D eigenvalue weighted by molar-refractivity contribution is 5.92. The van der Waals surface area contributed by atoms with E-state index in [4.69, 9.17) is 9.72 Å². The van der Waals surface area contributed by atoms with E-state index in [1.54, 1.807) is 46.7 Å². The number of aromatic nitrogens is 2. The molecule has 1 aromatic heterocycles. The van der Waals surface area contributed by atoms with Gasteiger partial charge in [-0.05, 0) is 79.4 Å². The minimum atomic E-state index is -0.558. The Hall–Kier alpha value is -5.24. The lowest BCUT2D eigenvalue weighted by Crippen LogP contribution is -2.40. The number of esters is 1. The van der Waals surface area contributed by atoms with Crippen LogP contribution in [0.1, 0.15) is 60.5 Å². The number of carbonyl (C=O) groups excluding carboxylic acids is 2. The van der Waals surface area contributed by atoms with Gasteiger partial charge < -0.3 is 15.0 Å². The predicted molar refractivity (Wildman–Crippen MR) is 173 cm³/mol. The summed E-state index contributed by atoms with van der Waals surface area (Å²) in [6.07, 6.45) is 1.38. The first-order valence-electron chi connectivity index (χ1n) is 14.9. The van der Waals surface area contributed by atoms with Gasteiger partial charge in [-0.1, -0.05) is 68.4 Å². The number of ether oxygens (including phenoxy) is 1. The van der Waals surface area contributed by atoms with Crippen molar-refractivity contribution in [3.8, 4) is 5.69 Å². The number of rotatable bonds is 10. The number of nitrogens with zero attached hydrogens (tertiary/aromatic N) is 3. The molecule has 5 aromatic rings. The summed E-state index contributed by atoms with van der Waals surface area (Å²) < 4.78 is 6.71. The lowest BCUT2D eigenvalue weighted by Gasteiger charge is -2.32. The first kappa shape index (κ1) is 30.2. The fourth-order valence-electron chi connectivity index (χ4n) is 5.25. The highest BCUT2D eigenvalue weighted by Gasteiger charge is 2.29. The first-order chi connectivity index (χ1) is 21.4. The van der Waals surface area contributed by atoms with E-state index in [-0.39, 0.29) is 24.7 Å². The number of amides is 2. The molecule has 1 heterocycles. The van der Waals surface area contributed by atoms with Crippen LogP contribution in [0.5, 0.6) is 0 Å². The smallest absolute Gasteiger partial charge is 0.338 e. The molecule has 0 saturated carbocycles. The summed E-state index contributed by atoms with van der Waals surface area (Å²) in [5, 5.41) is 3.50. The first-order valence-corrected chi connectivity index (χ1v) is 14.9. The van der Waals surface area contributed by atoms with Crippen LogP contribution in [0, 0.1) is 0 Å². The SMILES string of the molecule is CCOC(=O)c1ccc(NC(=O)N(Cc2ccccc2)C(CC)c2nc3ccccc3c(=O)n2-c2ccc(CC)cc2)cc1. The van der Waals surface area contributed by atoms with Crippen LogP contribution in [0.15, 0.2) is 108 Å². The number of hydrogen-bond acceptors (Lipinski definition) is 5. The Bertz CT molecular complexity index is 1800. The fourth-order valence-corrected chi connectivity index (χ4v) is 5.25. The van der Waals surface area contributed by atoms with Crippen molar-refractivity contribution in [3.05, 3.63) is 136 Å². The maximum absolute atomic E-state index is 14.1. The number of benzene rings is 4. The van der Waals surface area contributed by atoms with Gasteiger partial charge in [-0.2, -0.15) is 0 Å². The van der Waals surface area contributed by atoms with Crippen molar-refractivity contribution in [1.82, 2.24) is 14.5 Å². The van der Waals surface area contributed by atoms with E-state index in [2.05, 4.69) is 12.2 Å². The molecule has 8 nitrogen and oxygen atoms in total. The van der Waals surface area contributed by atoms with Crippen LogP contribution in [-0.2, 0) is 17.7 Å². The van der Waals surface area contributed by atoms with Gasteiger partial charge in [0.15, 0.2) is 0 Å². The van der Waals surface area contributed by atoms with E-state index in [9.17, 15) is 14.4 Å². The van der Waals surface area contributed by atoms with Gasteiger partial charge in [0.1, 0.15) is 5.82 Å². The molecule has 5 rings (SSSR count). The van der Waals surface area contributed by atoms with Gasteiger partial charge >= 0.3 is 12.0 Å². The quantitative estimate of drug-likeness (QED) is 0.173. The van der Waals surface area contributed by atoms with Crippen molar-refractivity contribution in [2.75, 3.05) is 11.9 Å². The van der Waals surface area contributed by atoms with Crippen LogP contribution in [-0.4, -0.2) is 33.1 Å². The van der Waals surface area contributed by atoms with E-state index in [0.717, 1.165) is 17.5 Å². The normalized spacial score (nSPS) is 11.6. The number of carbonyl (C=O) groups is 2. The number of aryl methyl sites for hydroxylation is 1. The van der Waals surface area contributed by atoms with Gasteiger partial charge in [0, 0.05) is 12.2 Å². The van der Waals surface area contributed by atoms with Gasteiger partial charge in [0.25, 0.3) is 5.56 Å². The maximum atomic E-state index is 14.1. The minimum Gasteiger partial charge on any atom is -0.462 e. The highest BCUT2D eigenvalue weighted by Crippen LogP contribution is 2.29. The third-order valence-corrected chi connectivity index (χ3v) is 7.57. The van der Waals surface area contributed by atoms with E-state index in [1.807, 2.05) is 79.7 Å². The molecule has 0 saturated heterocycles. The predicted octanol–water partition coefficient (Wildman–Crippen LogP) is 7.31. The molecule has 0 bridgehead atoms. The van der Waals surface area contributed by atoms with E-state index < -0.39 is 12.0 Å². The summed E-state index contributed by atoms with van der Waals surface area (Å²) in [5.74, 6) is 0.0543. The van der Waals surface area contributed by atoms with Crippen LogP contribution in [0.25, 0.3) is 16.6 Å². The van der Waals surface area contributed by atoms with E-state index >= 15 is 0 Å². The summed E-state index contributed by atoms with van der Waals surface area (Å²) in [6.45, 7) is 6.38. The number of para-hydroxylation sites is 1. The van der Waals surface area contributed by atoms with Crippen molar-refractivity contribution in [2.24, 2.45) is 0 Å². The number of urea groups is 1. The van der Waals surface area contributed by atoms with E-state index in [1.165, 1.54) is 0 Å². The van der Waals surface area contributed by atoms with Crippen molar-refractivity contribution in [1.29, 1.82) is 0 Å². The third-order valence-electron chi connectivity index (χ3n) is 7.57. The monoisotopic (exact) mass is 588 g/mol. The molecule has 1 unspecified atom stereocenters. The average molecular weight is 589 g/mol. The molecular formula is C36H36N4O4. The Balaban J connectivity index is 1.60. The van der Waals surface area contributed by atoms with Gasteiger partial charge in [-0.15, -0.1) is 0 Å². The minimum absolute atomic E-state index is 0.192. The molecule has 0 aliphatic heterocycles. The molecule has 8 heteroatoms. The van der Waals surface area contributed by atoms with Crippen molar-refractivity contribution in [3.63, 3.8) is 0 Å². The average Bonchev–Trinajstić information content (AvgIpc) is 3.06. The standard InChI is InChI=1S/C36H36N4O4/c1-4-25-16-22-29(23-17-25)40-33(38-31-15-11-10-14-30(31)34(40)41)32(5-2)39(24-26-12-8-7-9-13-26)36(43)37-28-20-18-27(19-21-28)35(42)44-6-3/h7-23,32H,4-6,24H2,1-3H3,(H,37,43). The van der Waals surface area contributed by atoms with Crippen LogP contribution in [0.2, 0.25) is 0 Å². The summed E-state index contributed by atoms with van der Waals surface area (Å²) in [4.78, 5) is 47.0. The van der Waals surface area contributed by atoms with Crippen LogP contribution >= 0.6 is 0 Å². The second kappa shape index (κ2) is 13.8. The molecule has 224 valence electrons. The number of nitrogens with one attached hydrogen (secondary N) is 1. The largest absolute Gasteiger partial charge is 0.462 e. The van der Waals surface area contributed by atoms with E-state index in [0.29, 0.717) is 40.1 Å². The highest BCUT2D eigenvalue weighted by atomic mass is 16.5. The Morgan fingerprint density at radius 1 is 0.841 bits per heavy atom. The van der Waals surface area contributed by atoms with Gasteiger partial charge in [0.05, 0.1) is 34.8 Å². The summed E-state index contributed by atoms with van der Waals surface area (Å²) in [7, 11) is 0. The topological polar surface area (TPSA) is 93.5 Å². The Kier molecular flexibility index (Phi) is 9.49. The molecule has 0 radical (unpaired) electrons. The zero-order valence-electron chi connectivity index (χ0n) is 25.2. The Labute approximate surface area is 256 Å². The van der Waals surface area contributed by atoms with Crippen molar-refractivity contribution in [2.45, 2.75) is 46.2 Å². The number of anilines is 1. The van der Waals surface area contributed by atoms with Gasteiger partial charge in [-0.25, -0.2) is 14.6 Å². The molecule has 0 aliphatic rings. The van der Waals surface area contributed by atoms with Crippen LogP contribution < -0.4 is 10.9 Å². The van der Waals surface area contributed by atoms with Gasteiger partial charge in [-0.3, -0.25) is 9.36 Å². The summed E-state index contributed by atoms with van der Waals surface area (Å²) >= 11 is 0. The lowest BCUT2D eigenvalue weighted by molar-refractivity contribution is 0.0526. The molecule has 0 spiro atoms. The maximum Gasteiger partial charge on any atom is 0.338 e.